The normalized spacial score (nSPS) is 20.0. The lowest BCUT2D eigenvalue weighted by Crippen LogP contribution is -2.12. The number of carbonyl (C=O) groups is 2. The van der Waals surface area contributed by atoms with E-state index in [0.717, 1.165) is 56.4 Å². The van der Waals surface area contributed by atoms with Crippen molar-refractivity contribution in [1.82, 2.24) is 4.98 Å². The second-order valence-electron chi connectivity index (χ2n) is 6.67. The highest BCUT2D eigenvalue weighted by atomic mass is 79.9. The molecule has 134 valence electrons. The number of H-pyrrole nitrogens is 1. The Balaban J connectivity index is 1.74. The number of fused-ring (bicyclic) bond motifs is 2. The van der Waals surface area contributed by atoms with Gasteiger partial charge in [0.25, 0.3) is 5.91 Å². The van der Waals surface area contributed by atoms with Crippen molar-refractivity contribution in [3.05, 3.63) is 49.7 Å². The van der Waals surface area contributed by atoms with Gasteiger partial charge >= 0.3 is 5.97 Å². The summed E-state index contributed by atoms with van der Waals surface area (Å²) in [5.41, 5.74) is 5.19. The zero-order valence-corrected chi connectivity index (χ0v) is 16.9. The third-order valence-electron chi connectivity index (χ3n) is 4.92. The molecule has 1 aromatic carbocycles. The van der Waals surface area contributed by atoms with Gasteiger partial charge in [-0.25, -0.2) is 0 Å². The van der Waals surface area contributed by atoms with Crippen LogP contribution in [0.15, 0.2) is 27.1 Å². The highest BCUT2D eigenvalue weighted by Crippen LogP contribution is 2.41. The molecule has 4 rings (SSSR count). The fourth-order valence-corrected chi connectivity index (χ4v) is 5.13. The maximum atomic E-state index is 12.4. The van der Waals surface area contributed by atoms with Crippen LogP contribution < -0.4 is 5.32 Å². The molecular formula is C19H16Br2N2O3. The van der Waals surface area contributed by atoms with Crippen LogP contribution in [-0.2, 0) is 16.0 Å². The Hall–Kier alpha value is -1.86. The molecule has 0 saturated heterocycles. The fourth-order valence-electron chi connectivity index (χ4n) is 3.80. The lowest BCUT2D eigenvalue weighted by molar-refractivity contribution is -0.137. The largest absolute Gasteiger partial charge is 0.481 e. The molecule has 0 radical (unpaired) electrons. The van der Waals surface area contributed by atoms with Crippen molar-refractivity contribution in [2.75, 3.05) is 5.32 Å². The van der Waals surface area contributed by atoms with E-state index in [0.29, 0.717) is 5.57 Å². The Kier molecular flexibility index (Phi) is 4.52. The maximum absolute atomic E-state index is 12.4. The van der Waals surface area contributed by atoms with E-state index in [1.807, 2.05) is 24.3 Å². The summed E-state index contributed by atoms with van der Waals surface area (Å²) in [7, 11) is 0. The number of benzene rings is 1. The number of aromatic amines is 1. The molecule has 1 atom stereocenters. The zero-order valence-electron chi connectivity index (χ0n) is 13.7. The minimum absolute atomic E-state index is 0.0348. The number of hydrogen-bond donors (Lipinski definition) is 3. The summed E-state index contributed by atoms with van der Waals surface area (Å²) < 4.78 is 1.71. The number of rotatable bonds is 3. The number of nitrogens with one attached hydrogen (secondary N) is 2. The first-order valence-corrected chi connectivity index (χ1v) is 9.97. The van der Waals surface area contributed by atoms with Gasteiger partial charge in [0.15, 0.2) is 0 Å². The molecule has 0 fully saturated rings. The van der Waals surface area contributed by atoms with Gasteiger partial charge in [-0.3, -0.25) is 9.59 Å². The maximum Gasteiger partial charge on any atom is 0.303 e. The number of aryl methyl sites for hydroxylation is 1. The van der Waals surface area contributed by atoms with E-state index >= 15 is 0 Å². The Morgan fingerprint density at radius 2 is 2.12 bits per heavy atom. The number of aliphatic carboxylic acids is 1. The number of carbonyl (C=O) groups excluding carboxylic acids is 1. The Morgan fingerprint density at radius 3 is 2.88 bits per heavy atom. The van der Waals surface area contributed by atoms with Crippen molar-refractivity contribution >= 4 is 61.1 Å². The molecule has 26 heavy (non-hydrogen) atoms. The number of amides is 1. The number of halogens is 2. The van der Waals surface area contributed by atoms with Gasteiger partial charge in [-0.15, -0.1) is 0 Å². The quantitative estimate of drug-likeness (QED) is 0.546. The van der Waals surface area contributed by atoms with E-state index in [2.05, 4.69) is 42.2 Å². The monoisotopic (exact) mass is 478 g/mol. The molecule has 1 aliphatic carbocycles. The molecule has 0 bridgehead atoms. The molecule has 1 amide bonds. The van der Waals surface area contributed by atoms with Gasteiger partial charge in [-0.2, -0.15) is 0 Å². The average Bonchev–Trinajstić information content (AvgIpc) is 3.10. The predicted molar refractivity (Wildman–Crippen MR) is 107 cm³/mol. The summed E-state index contributed by atoms with van der Waals surface area (Å²) in [5.74, 6) is -0.885. The molecule has 5 nitrogen and oxygen atoms in total. The molecule has 1 unspecified atom stereocenters. The minimum Gasteiger partial charge on any atom is -0.481 e. The molecule has 2 aromatic rings. The molecular weight excluding hydrogens is 464 g/mol. The smallest absolute Gasteiger partial charge is 0.303 e. The topological polar surface area (TPSA) is 82.2 Å². The van der Waals surface area contributed by atoms with Crippen molar-refractivity contribution < 1.29 is 14.7 Å². The second-order valence-corrected chi connectivity index (χ2v) is 8.44. The SMILES string of the molecule is O=C(O)CC1CCCc2[nH]c(C=C3C(=O)Nc4c(Br)cc(Br)cc43)cc21. The zero-order chi connectivity index (χ0) is 18.4. The molecule has 0 spiro atoms. The number of aromatic nitrogens is 1. The summed E-state index contributed by atoms with van der Waals surface area (Å²) in [5, 5.41) is 12.0. The highest BCUT2D eigenvalue weighted by molar-refractivity contribution is 9.11. The van der Waals surface area contributed by atoms with E-state index in [-0.39, 0.29) is 18.2 Å². The van der Waals surface area contributed by atoms with Crippen molar-refractivity contribution in [2.45, 2.75) is 31.6 Å². The first kappa shape index (κ1) is 17.5. The molecule has 3 N–H and O–H groups in total. The van der Waals surface area contributed by atoms with Crippen LogP contribution in [-0.4, -0.2) is 22.0 Å². The molecule has 2 aliphatic rings. The number of carboxylic acid groups (broad SMARTS) is 1. The van der Waals surface area contributed by atoms with Crippen molar-refractivity contribution in [3.63, 3.8) is 0 Å². The lowest BCUT2D eigenvalue weighted by atomic mass is 9.85. The van der Waals surface area contributed by atoms with Crippen LogP contribution in [0.5, 0.6) is 0 Å². The van der Waals surface area contributed by atoms with Gasteiger partial charge in [0.2, 0.25) is 0 Å². The third kappa shape index (κ3) is 3.14. The number of anilines is 1. The van der Waals surface area contributed by atoms with Crippen molar-refractivity contribution in [3.8, 4) is 0 Å². The van der Waals surface area contributed by atoms with Crippen LogP contribution >= 0.6 is 31.9 Å². The van der Waals surface area contributed by atoms with Crippen LogP contribution in [0.1, 0.15) is 47.7 Å². The average molecular weight is 480 g/mol. The summed E-state index contributed by atoms with van der Waals surface area (Å²) in [4.78, 5) is 26.9. The number of hydrogen-bond acceptors (Lipinski definition) is 2. The van der Waals surface area contributed by atoms with Gasteiger partial charge in [-0.05, 0) is 70.9 Å². The van der Waals surface area contributed by atoms with E-state index in [9.17, 15) is 9.59 Å². The molecule has 2 heterocycles. The molecule has 0 saturated carbocycles. The Bertz CT molecular complexity index is 962. The van der Waals surface area contributed by atoms with E-state index in [1.165, 1.54) is 0 Å². The van der Waals surface area contributed by atoms with Crippen molar-refractivity contribution in [2.24, 2.45) is 0 Å². The molecule has 1 aliphatic heterocycles. The summed E-state index contributed by atoms with van der Waals surface area (Å²) in [6, 6.07) is 5.80. The second kappa shape index (κ2) is 6.70. The van der Waals surface area contributed by atoms with Gasteiger partial charge in [-0.1, -0.05) is 15.9 Å². The van der Waals surface area contributed by atoms with Gasteiger partial charge in [0.1, 0.15) is 0 Å². The lowest BCUT2D eigenvalue weighted by Gasteiger charge is -2.20. The highest BCUT2D eigenvalue weighted by Gasteiger charge is 2.28. The predicted octanol–water partition coefficient (Wildman–Crippen LogP) is 4.93. The summed E-state index contributed by atoms with van der Waals surface area (Å²) in [6.45, 7) is 0. The number of carboxylic acids is 1. The molecule has 1 aromatic heterocycles. The standard InChI is InChI=1S/C19H16Br2N2O3/c20-10-5-13-14(19(26)23-18(13)15(21)6-10)8-11-7-12-9(4-17(24)25)2-1-3-16(12)22-11/h5-9,22H,1-4H2,(H,23,26)(H,24,25). The first-order valence-electron chi connectivity index (χ1n) is 8.38. The van der Waals surface area contributed by atoms with Crippen LogP contribution in [0.25, 0.3) is 11.6 Å². The van der Waals surface area contributed by atoms with E-state index in [4.69, 9.17) is 5.11 Å². The van der Waals surface area contributed by atoms with Crippen LogP contribution in [0.2, 0.25) is 0 Å². The van der Waals surface area contributed by atoms with E-state index < -0.39 is 5.97 Å². The van der Waals surface area contributed by atoms with E-state index in [1.54, 1.807) is 0 Å². The first-order chi connectivity index (χ1) is 12.4. The van der Waals surface area contributed by atoms with Gasteiger partial charge in [0, 0.05) is 25.9 Å². The minimum atomic E-state index is -0.775. The summed E-state index contributed by atoms with van der Waals surface area (Å²) in [6.07, 6.45) is 4.76. The van der Waals surface area contributed by atoms with Crippen LogP contribution in [0.3, 0.4) is 0 Å². The van der Waals surface area contributed by atoms with Crippen molar-refractivity contribution in [1.29, 1.82) is 0 Å². The Labute approximate surface area is 167 Å². The van der Waals surface area contributed by atoms with Gasteiger partial charge < -0.3 is 15.4 Å². The Morgan fingerprint density at radius 1 is 1.31 bits per heavy atom. The molecule has 7 heteroatoms. The fraction of sp³-hybridized carbons (Fsp3) is 0.263. The van der Waals surface area contributed by atoms with Gasteiger partial charge in [0.05, 0.1) is 17.7 Å². The van der Waals surface area contributed by atoms with Crippen LogP contribution in [0.4, 0.5) is 5.69 Å². The third-order valence-corrected chi connectivity index (χ3v) is 6.01. The summed E-state index contributed by atoms with van der Waals surface area (Å²) >= 11 is 6.95. The van der Waals surface area contributed by atoms with Crippen LogP contribution in [0, 0.1) is 0 Å².